The van der Waals surface area contributed by atoms with E-state index in [0.717, 1.165) is 113 Å². The molecule has 4 fully saturated rings. The Morgan fingerprint density at radius 1 is 0.812 bits per heavy atom. The summed E-state index contributed by atoms with van der Waals surface area (Å²) >= 11 is 3.61. The number of ether oxygens (including phenoxy) is 2. The van der Waals surface area contributed by atoms with Gasteiger partial charge in [-0.25, -0.2) is 4.98 Å². The highest BCUT2D eigenvalue weighted by molar-refractivity contribution is 9.10. The first-order valence-electron chi connectivity index (χ1n) is 24.4. The molecule has 0 bridgehead atoms. The molecule has 4 saturated heterocycles. The third-order valence-corrected chi connectivity index (χ3v) is 16.7. The number of hydrogen-bond donors (Lipinski definition) is 3. The SMILES string of the molecule is CCc1cc(Nc2ncc(Br)c(Nc3ccc4nccnc4c3P(C)(C)=O)n2)c(OC)cc1N1CCC(N2CCN(CCC3CCN(c4ccc(C5CCC(=O)NC5=O)c(OC)c4)CC3)CC2)CC1. The van der Waals surface area contributed by atoms with Crippen LogP contribution < -0.4 is 40.5 Å². The molecule has 0 saturated carbocycles. The number of amides is 2. The zero-order valence-electron chi connectivity index (χ0n) is 40.5. The van der Waals surface area contributed by atoms with Crippen molar-refractivity contribution in [3.8, 4) is 11.5 Å². The van der Waals surface area contributed by atoms with Gasteiger partial charge in [0.15, 0.2) is 0 Å². The lowest BCUT2D eigenvalue weighted by molar-refractivity contribution is -0.134. The summed E-state index contributed by atoms with van der Waals surface area (Å²) in [5.41, 5.74) is 7.16. The fourth-order valence-electron chi connectivity index (χ4n) is 10.7. The van der Waals surface area contributed by atoms with Crippen LogP contribution in [0.2, 0.25) is 0 Å². The zero-order valence-corrected chi connectivity index (χ0v) is 43.0. The fourth-order valence-corrected chi connectivity index (χ4v) is 12.4. The standard InChI is InChI=1S/C51H65BrN11O5P/c1-6-34-29-42(57-51-55-32-39(52)49(59-51)56-41-11-10-40-47(54-19-18-53-40)48(41)69(4,5)66)45(68-3)31-43(34)63-23-16-35(17-24-63)62-27-25-60(26-28-62)20-13-33-14-21-61(22-15-33)36-7-8-37(44(30-36)67-2)38-9-12-46(64)58-50(38)65/h7-8,10-11,18-19,29-33,35,38H,6,9,12-17,20-28H2,1-5H3,(H,58,64,65)(H2,55,56,57,59). The van der Waals surface area contributed by atoms with E-state index in [1.807, 2.05) is 18.2 Å². The van der Waals surface area contributed by atoms with Crippen molar-refractivity contribution in [1.29, 1.82) is 0 Å². The van der Waals surface area contributed by atoms with Crippen LogP contribution in [0, 0.1) is 5.92 Å². The van der Waals surface area contributed by atoms with Gasteiger partial charge in [-0.15, -0.1) is 0 Å². The molecule has 0 radical (unpaired) electrons. The number of carbonyl (C=O) groups is 2. The number of aromatic nitrogens is 4. The van der Waals surface area contributed by atoms with Gasteiger partial charge in [0.25, 0.3) is 0 Å². The molecule has 5 aromatic rings. The summed E-state index contributed by atoms with van der Waals surface area (Å²) in [6.07, 6.45) is 12.5. The van der Waals surface area contributed by atoms with Gasteiger partial charge in [0.1, 0.15) is 30.0 Å². The zero-order chi connectivity index (χ0) is 48.2. The summed E-state index contributed by atoms with van der Waals surface area (Å²) in [6.45, 7) is 15.4. The number of piperazine rings is 1. The second kappa shape index (κ2) is 21.3. The molecule has 2 aromatic heterocycles. The Kier molecular flexibility index (Phi) is 15.0. The minimum atomic E-state index is -2.77. The largest absolute Gasteiger partial charge is 0.496 e. The fraction of sp³-hybridized carbons (Fsp3) is 0.490. The molecule has 69 heavy (non-hydrogen) atoms. The topological polar surface area (TPSA) is 170 Å². The van der Waals surface area contributed by atoms with Crippen LogP contribution in [-0.2, 0) is 20.6 Å². The van der Waals surface area contributed by atoms with Crippen molar-refractivity contribution in [2.24, 2.45) is 5.92 Å². The number of nitrogens with zero attached hydrogens (tertiary/aromatic N) is 8. The van der Waals surface area contributed by atoms with E-state index in [4.69, 9.17) is 14.5 Å². The van der Waals surface area contributed by atoms with E-state index in [-0.39, 0.29) is 17.7 Å². The first-order chi connectivity index (χ1) is 33.4. The molecule has 16 nitrogen and oxygen atoms in total. The van der Waals surface area contributed by atoms with E-state index >= 15 is 0 Å². The second-order valence-electron chi connectivity index (χ2n) is 19.2. The van der Waals surface area contributed by atoms with Crippen LogP contribution in [0.15, 0.2) is 65.5 Å². The number of halogens is 1. The molecule has 4 aliphatic rings. The summed E-state index contributed by atoms with van der Waals surface area (Å²) < 4.78 is 25.9. The van der Waals surface area contributed by atoms with Gasteiger partial charge in [-0.05, 0) is 116 Å². The van der Waals surface area contributed by atoms with E-state index in [9.17, 15) is 14.2 Å². The highest BCUT2D eigenvalue weighted by Gasteiger charge is 2.32. The normalized spacial score (nSPS) is 19.2. The van der Waals surface area contributed by atoms with E-state index in [2.05, 4.69) is 97.6 Å². The van der Waals surface area contributed by atoms with Gasteiger partial charge in [-0.1, -0.05) is 13.0 Å². The van der Waals surface area contributed by atoms with Gasteiger partial charge in [-0.3, -0.25) is 29.8 Å². The monoisotopic (exact) mass is 1020 g/mol. The molecule has 0 spiro atoms. The Labute approximate surface area is 413 Å². The van der Waals surface area contributed by atoms with Crippen LogP contribution in [-0.4, -0.2) is 134 Å². The average molecular weight is 1020 g/mol. The Balaban J connectivity index is 0.748. The number of methoxy groups -OCH3 is 2. The smallest absolute Gasteiger partial charge is 0.234 e. The first-order valence-corrected chi connectivity index (χ1v) is 27.8. The molecule has 2 amide bonds. The van der Waals surface area contributed by atoms with E-state index in [0.29, 0.717) is 57.1 Å². The molecule has 366 valence electrons. The highest BCUT2D eigenvalue weighted by atomic mass is 79.9. The molecule has 0 aliphatic carbocycles. The third-order valence-electron chi connectivity index (χ3n) is 14.6. The number of aryl methyl sites for hydroxylation is 1. The summed E-state index contributed by atoms with van der Waals surface area (Å²) in [6, 6.07) is 14.8. The number of imide groups is 1. The summed E-state index contributed by atoms with van der Waals surface area (Å²) in [7, 11) is 0.585. The van der Waals surface area contributed by atoms with Gasteiger partial charge < -0.3 is 39.4 Å². The molecular formula is C51H65BrN11O5P. The lowest BCUT2D eigenvalue weighted by Crippen LogP contribution is -2.53. The lowest BCUT2D eigenvalue weighted by Gasteiger charge is -2.44. The minimum absolute atomic E-state index is 0.203. The maximum Gasteiger partial charge on any atom is 0.234 e. The van der Waals surface area contributed by atoms with Crippen LogP contribution >= 0.6 is 23.1 Å². The van der Waals surface area contributed by atoms with Gasteiger partial charge in [0.2, 0.25) is 17.8 Å². The van der Waals surface area contributed by atoms with Crippen LogP contribution in [0.5, 0.6) is 11.5 Å². The maximum absolute atomic E-state index is 13.6. The van der Waals surface area contributed by atoms with E-state index < -0.39 is 7.14 Å². The number of rotatable bonds is 15. The van der Waals surface area contributed by atoms with Crippen molar-refractivity contribution >= 4 is 85.7 Å². The average Bonchev–Trinajstić information content (AvgIpc) is 3.36. The molecule has 18 heteroatoms. The predicted octanol–water partition coefficient (Wildman–Crippen LogP) is 7.91. The number of piperidine rings is 3. The molecular weight excluding hydrogens is 958 g/mol. The van der Waals surface area contributed by atoms with E-state index in [1.54, 1.807) is 46.1 Å². The number of anilines is 6. The van der Waals surface area contributed by atoms with Crippen molar-refractivity contribution in [2.45, 2.75) is 70.3 Å². The molecule has 3 aromatic carbocycles. The van der Waals surface area contributed by atoms with Crippen LogP contribution in [0.4, 0.5) is 34.5 Å². The number of fused-ring (bicyclic) bond motifs is 1. The maximum atomic E-state index is 13.6. The molecule has 6 heterocycles. The molecule has 1 atom stereocenters. The lowest BCUT2D eigenvalue weighted by atomic mass is 9.89. The van der Waals surface area contributed by atoms with Crippen molar-refractivity contribution in [1.82, 2.24) is 35.1 Å². The van der Waals surface area contributed by atoms with Crippen molar-refractivity contribution < 1.29 is 23.6 Å². The van der Waals surface area contributed by atoms with E-state index in [1.165, 1.54) is 30.5 Å². The summed E-state index contributed by atoms with van der Waals surface area (Å²) in [5, 5.41) is 9.92. The third kappa shape index (κ3) is 11.0. The van der Waals surface area contributed by atoms with Crippen LogP contribution in [0.25, 0.3) is 11.0 Å². The molecule has 4 aliphatic heterocycles. The highest BCUT2D eigenvalue weighted by Crippen LogP contribution is 2.42. The number of benzene rings is 3. The molecule has 3 N–H and O–H groups in total. The van der Waals surface area contributed by atoms with Gasteiger partial charge >= 0.3 is 0 Å². The van der Waals surface area contributed by atoms with Crippen LogP contribution in [0.1, 0.15) is 68.9 Å². The Hall–Kier alpha value is -5.35. The van der Waals surface area contributed by atoms with Gasteiger partial charge in [0, 0.05) is 112 Å². The summed E-state index contributed by atoms with van der Waals surface area (Å²) in [5.74, 6) is 2.28. The molecule has 9 rings (SSSR count). The minimum Gasteiger partial charge on any atom is -0.496 e. The molecule has 1 unspecified atom stereocenters. The van der Waals surface area contributed by atoms with Crippen molar-refractivity contribution in [2.75, 3.05) is 107 Å². The van der Waals surface area contributed by atoms with Gasteiger partial charge in [0.05, 0.1) is 46.8 Å². The Morgan fingerprint density at radius 2 is 1.55 bits per heavy atom. The quantitative estimate of drug-likeness (QED) is 0.0683. The van der Waals surface area contributed by atoms with Crippen molar-refractivity contribution in [3.05, 3.63) is 76.7 Å². The predicted molar refractivity (Wildman–Crippen MR) is 278 cm³/mol. The number of carbonyl (C=O) groups excluding carboxylic acids is 2. The summed E-state index contributed by atoms with van der Waals surface area (Å²) in [4.78, 5) is 53.0. The van der Waals surface area contributed by atoms with Crippen molar-refractivity contribution in [3.63, 3.8) is 0 Å². The Morgan fingerprint density at radius 3 is 2.26 bits per heavy atom. The first kappa shape index (κ1) is 48.7. The Bertz CT molecular complexity index is 2720. The number of hydrogen-bond acceptors (Lipinski definition) is 15. The number of nitrogens with one attached hydrogen (secondary N) is 3. The van der Waals surface area contributed by atoms with Crippen LogP contribution in [0.3, 0.4) is 0 Å². The van der Waals surface area contributed by atoms with Gasteiger partial charge in [-0.2, -0.15) is 4.98 Å². The second-order valence-corrected chi connectivity index (χ2v) is 23.2.